The maximum atomic E-state index is 14.0. The Kier molecular flexibility index (Phi) is 4.97. The molecule has 3 aliphatic rings. The summed E-state index contributed by atoms with van der Waals surface area (Å²) in [6.07, 6.45) is 0. The fourth-order valence-corrected chi connectivity index (χ4v) is 6.51. The molecule has 2 heterocycles. The van der Waals surface area contributed by atoms with E-state index in [-0.39, 0.29) is 33.8 Å². The smallest absolute Gasteiger partial charge is 0.262 e. The molecule has 0 radical (unpaired) electrons. The number of carbonyl (C=O) groups excluding carboxylic acids is 5. The molecule has 0 N–H and O–H groups in total. The maximum absolute atomic E-state index is 14.0. The first-order chi connectivity index (χ1) is 20.5. The van der Waals surface area contributed by atoms with E-state index in [9.17, 15) is 24.0 Å². The van der Waals surface area contributed by atoms with Gasteiger partial charge in [0.2, 0.25) is 0 Å². The third kappa shape index (κ3) is 3.13. The number of nitrogens with zero attached hydrogens (tertiary/aromatic N) is 2. The Labute approximate surface area is 239 Å². The van der Waals surface area contributed by atoms with Crippen LogP contribution in [0, 0.1) is 0 Å². The zero-order chi connectivity index (χ0) is 28.7. The molecule has 5 aromatic carbocycles. The number of rotatable bonds is 3. The summed E-state index contributed by atoms with van der Waals surface area (Å²) in [5, 5.41) is 1.76. The van der Waals surface area contributed by atoms with Gasteiger partial charge in [-0.1, -0.05) is 78.9 Å². The van der Waals surface area contributed by atoms with Crippen molar-refractivity contribution in [2.45, 2.75) is 12.1 Å². The number of benzene rings is 5. The fourth-order valence-electron chi connectivity index (χ4n) is 6.51. The molecule has 2 atom stereocenters. The minimum atomic E-state index is -1.13. The SMILES string of the molecule is O=C1c2ccccc2C(=O)c2cc(C3C(N4C(=O)c5ccccc5C4=O)C(=O)N3c3cccc4ccccc34)ccc21. The van der Waals surface area contributed by atoms with E-state index < -0.39 is 29.8 Å². The Morgan fingerprint density at radius 1 is 0.452 bits per heavy atom. The summed E-state index contributed by atoms with van der Waals surface area (Å²) in [6, 6.07) is 29.5. The van der Waals surface area contributed by atoms with Crippen LogP contribution < -0.4 is 4.90 Å². The van der Waals surface area contributed by atoms with E-state index in [0.29, 0.717) is 22.4 Å². The predicted molar refractivity (Wildman–Crippen MR) is 155 cm³/mol. The summed E-state index contributed by atoms with van der Waals surface area (Å²) in [4.78, 5) is 70.6. The molecule has 1 fully saturated rings. The van der Waals surface area contributed by atoms with Gasteiger partial charge in [-0.3, -0.25) is 33.8 Å². The highest BCUT2D eigenvalue weighted by atomic mass is 16.2. The highest BCUT2D eigenvalue weighted by Crippen LogP contribution is 2.46. The van der Waals surface area contributed by atoms with Crippen molar-refractivity contribution < 1.29 is 24.0 Å². The Hall–Kier alpha value is -5.69. The minimum absolute atomic E-state index is 0.231. The van der Waals surface area contributed by atoms with Crippen molar-refractivity contribution >= 4 is 45.7 Å². The van der Waals surface area contributed by atoms with E-state index in [4.69, 9.17) is 0 Å². The molecule has 1 aliphatic carbocycles. The van der Waals surface area contributed by atoms with Crippen LogP contribution in [0.4, 0.5) is 5.69 Å². The van der Waals surface area contributed by atoms with Crippen LogP contribution in [-0.2, 0) is 4.79 Å². The van der Waals surface area contributed by atoms with Crippen LogP contribution >= 0.6 is 0 Å². The summed E-state index contributed by atoms with van der Waals surface area (Å²) in [5.74, 6) is -2.01. The van der Waals surface area contributed by atoms with Crippen LogP contribution in [0.5, 0.6) is 0 Å². The molecule has 2 unspecified atom stereocenters. The highest BCUT2D eigenvalue weighted by Gasteiger charge is 2.57. The van der Waals surface area contributed by atoms with Crippen molar-refractivity contribution in [3.63, 3.8) is 0 Å². The lowest BCUT2D eigenvalue weighted by atomic mass is 9.80. The van der Waals surface area contributed by atoms with Gasteiger partial charge in [-0.05, 0) is 41.3 Å². The lowest BCUT2D eigenvalue weighted by molar-refractivity contribution is -0.130. The summed E-state index contributed by atoms with van der Waals surface area (Å²) < 4.78 is 0. The van der Waals surface area contributed by atoms with Crippen molar-refractivity contribution in [2.75, 3.05) is 4.90 Å². The molecule has 200 valence electrons. The van der Waals surface area contributed by atoms with E-state index in [1.54, 1.807) is 71.6 Å². The zero-order valence-electron chi connectivity index (χ0n) is 22.0. The molecule has 1 saturated heterocycles. The van der Waals surface area contributed by atoms with Gasteiger partial charge in [0.1, 0.15) is 6.04 Å². The lowest BCUT2D eigenvalue weighted by Gasteiger charge is -2.50. The highest BCUT2D eigenvalue weighted by molar-refractivity contribution is 6.29. The van der Waals surface area contributed by atoms with E-state index in [0.717, 1.165) is 15.7 Å². The van der Waals surface area contributed by atoms with Gasteiger partial charge < -0.3 is 0 Å². The van der Waals surface area contributed by atoms with Gasteiger partial charge in [-0.2, -0.15) is 0 Å². The summed E-state index contributed by atoms with van der Waals surface area (Å²) in [7, 11) is 0. The van der Waals surface area contributed by atoms with Gasteiger partial charge in [0.05, 0.1) is 22.9 Å². The van der Waals surface area contributed by atoms with Crippen molar-refractivity contribution in [2.24, 2.45) is 0 Å². The molecule has 0 saturated carbocycles. The molecule has 2 aliphatic heterocycles. The van der Waals surface area contributed by atoms with Gasteiger partial charge in [0.25, 0.3) is 17.7 Å². The molecule has 8 rings (SSSR count). The molecule has 0 bridgehead atoms. The number of fused-ring (bicyclic) bond motifs is 4. The van der Waals surface area contributed by atoms with Crippen LogP contribution in [0.3, 0.4) is 0 Å². The topological polar surface area (TPSA) is 91.8 Å². The van der Waals surface area contributed by atoms with Crippen molar-refractivity contribution in [3.8, 4) is 0 Å². The number of anilines is 1. The van der Waals surface area contributed by atoms with Crippen molar-refractivity contribution in [1.29, 1.82) is 0 Å². The van der Waals surface area contributed by atoms with Gasteiger partial charge in [-0.15, -0.1) is 0 Å². The summed E-state index contributed by atoms with van der Waals surface area (Å²) >= 11 is 0. The lowest BCUT2D eigenvalue weighted by Crippen LogP contribution is -2.67. The van der Waals surface area contributed by atoms with Gasteiger partial charge in [-0.25, -0.2) is 0 Å². The first-order valence-corrected chi connectivity index (χ1v) is 13.6. The second kappa shape index (κ2) is 8.65. The molecule has 0 spiro atoms. The number of β-lactam (4-membered cyclic amide) rings is 1. The normalized spacial score (nSPS) is 19.1. The Morgan fingerprint density at radius 3 is 1.69 bits per heavy atom. The van der Waals surface area contributed by atoms with E-state index in [1.165, 1.54) is 0 Å². The van der Waals surface area contributed by atoms with Crippen LogP contribution in [0.15, 0.2) is 109 Å². The molecular formula is C35H20N2O5. The van der Waals surface area contributed by atoms with Crippen LogP contribution in [0.1, 0.15) is 64.2 Å². The van der Waals surface area contributed by atoms with Gasteiger partial charge >= 0.3 is 0 Å². The number of amides is 3. The molecule has 5 aromatic rings. The van der Waals surface area contributed by atoms with E-state index in [1.807, 2.05) is 42.5 Å². The quantitative estimate of drug-likeness (QED) is 0.219. The largest absolute Gasteiger partial charge is 0.300 e. The monoisotopic (exact) mass is 548 g/mol. The molecule has 3 amide bonds. The Bertz CT molecular complexity index is 2040. The number of hydrogen-bond acceptors (Lipinski definition) is 5. The third-order valence-corrected chi connectivity index (χ3v) is 8.49. The minimum Gasteiger partial charge on any atom is -0.300 e. The molecule has 42 heavy (non-hydrogen) atoms. The average molecular weight is 549 g/mol. The second-order valence-electron chi connectivity index (χ2n) is 10.6. The van der Waals surface area contributed by atoms with Crippen LogP contribution in [0.2, 0.25) is 0 Å². The summed E-state index contributed by atoms with van der Waals surface area (Å²) in [6.45, 7) is 0. The fraction of sp³-hybridized carbons (Fsp3) is 0.0571. The Balaban J connectivity index is 1.30. The zero-order valence-corrected chi connectivity index (χ0v) is 22.0. The number of hydrogen-bond donors (Lipinski definition) is 0. The first-order valence-electron chi connectivity index (χ1n) is 13.6. The number of carbonyl (C=O) groups is 5. The maximum Gasteiger partial charge on any atom is 0.262 e. The number of imide groups is 1. The third-order valence-electron chi connectivity index (χ3n) is 8.49. The van der Waals surface area contributed by atoms with Gasteiger partial charge in [0.15, 0.2) is 11.6 Å². The summed E-state index contributed by atoms with van der Waals surface area (Å²) in [5.41, 5.74) is 2.85. The second-order valence-corrected chi connectivity index (χ2v) is 10.6. The van der Waals surface area contributed by atoms with Crippen LogP contribution in [0.25, 0.3) is 10.8 Å². The first kappa shape index (κ1) is 24.1. The van der Waals surface area contributed by atoms with Gasteiger partial charge in [0, 0.05) is 27.6 Å². The number of ketones is 2. The van der Waals surface area contributed by atoms with Crippen molar-refractivity contribution in [3.05, 3.63) is 148 Å². The standard InChI is InChI=1S/C35H20N2O5/c38-31-22-11-3-4-12-23(22)32(39)27-18-20(16-17-24(27)31)29-30(37-33(40)25-13-5-6-14-26(25)34(37)41)35(42)36(29)28-15-7-9-19-8-1-2-10-21(19)28/h1-18,29-30H. The molecular weight excluding hydrogens is 528 g/mol. The average Bonchev–Trinajstić information content (AvgIpc) is 3.27. The molecule has 7 heteroatoms. The van der Waals surface area contributed by atoms with Crippen molar-refractivity contribution in [1.82, 2.24) is 4.90 Å². The molecule has 0 aromatic heterocycles. The Morgan fingerprint density at radius 2 is 1.00 bits per heavy atom. The van der Waals surface area contributed by atoms with E-state index in [2.05, 4.69) is 0 Å². The molecule has 7 nitrogen and oxygen atoms in total. The predicted octanol–water partition coefficient (Wildman–Crippen LogP) is 5.37. The van der Waals surface area contributed by atoms with E-state index >= 15 is 0 Å². The van der Waals surface area contributed by atoms with Crippen LogP contribution in [-0.4, -0.2) is 40.2 Å².